The molecule has 19 heteroatoms. The molecule has 0 radical (unpaired) electrons. The summed E-state index contributed by atoms with van der Waals surface area (Å²) in [6.45, 7) is 6.45. The van der Waals surface area contributed by atoms with Gasteiger partial charge in [-0.25, -0.2) is 14.8 Å². The fraction of sp³-hybridized carbons (Fsp3) is 0.306. The number of amides is 6. The van der Waals surface area contributed by atoms with Gasteiger partial charge in [-0.3, -0.25) is 24.5 Å². The minimum atomic E-state index is -0.852. The Morgan fingerprint density at radius 2 is 1.55 bits per heavy atom. The first-order valence-electron chi connectivity index (χ1n) is 17.6. The Morgan fingerprint density at radius 1 is 0.873 bits per heavy atom. The van der Waals surface area contributed by atoms with Crippen LogP contribution in [0.5, 0.6) is 0 Å². The van der Waals surface area contributed by atoms with Gasteiger partial charge in [-0.2, -0.15) is 9.97 Å². The van der Waals surface area contributed by atoms with Crippen molar-refractivity contribution in [3.05, 3.63) is 82.1 Å². The first kappa shape index (κ1) is 36.8. The molecule has 1 unspecified atom stereocenters. The van der Waals surface area contributed by atoms with Gasteiger partial charge in [0.1, 0.15) is 29.1 Å². The fourth-order valence-electron chi connectivity index (χ4n) is 6.44. The number of hydrogen-bond donors (Lipinski definition) is 6. The number of carbonyl (C=O) groups excluding carboxylic acids is 5. The van der Waals surface area contributed by atoms with Crippen molar-refractivity contribution in [2.75, 3.05) is 47.4 Å². The molecule has 4 aliphatic heterocycles. The van der Waals surface area contributed by atoms with Crippen LogP contribution in [0.1, 0.15) is 52.4 Å². The van der Waals surface area contributed by atoms with Gasteiger partial charge in [-0.05, 0) is 50.2 Å². The molecule has 18 nitrogen and oxygen atoms in total. The minimum absolute atomic E-state index is 0.00909. The molecule has 0 bridgehead atoms. The van der Waals surface area contributed by atoms with Gasteiger partial charge in [0.25, 0.3) is 17.7 Å². The molecule has 8 rings (SSSR count). The van der Waals surface area contributed by atoms with Crippen LogP contribution in [0.3, 0.4) is 0 Å². The summed E-state index contributed by atoms with van der Waals surface area (Å²) in [4.78, 5) is 83.3. The lowest BCUT2D eigenvalue weighted by Crippen LogP contribution is -2.50. The highest BCUT2D eigenvalue weighted by molar-refractivity contribution is 6.30. The van der Waals surface area contributed by atoms with Gasteiger partial charge in [0.2, 0.25) is 17.8 Å². The van der Waals surface area contributed by atoms with Crippen LogP contribution in [-0.2, 0) is 22.7 Å². The lowest BCUT2D eigenvalue weighted by molar-refractivity contribution is -0.134. The van der Waals surface area contributed by atoms with Gasteiger partial charge in [0.15, 0.2) is 0 Å². The van der Waals surface area contributed by atoms with Crippen LogP contribution in [0.4, 0.5) is 39.7 Å². The van der Waals surface area contributed by atoms with Gasteiger partial charge < -0.3 is 41.7 Å². The van der Waals surface area contributed by atoms with E-state index in [1.165, 1.54) is 0 Å². The third-order valence-electron chi connectivity index (χ3n) is 9.37. The number of rotatable bonds is 8. The maximum Gasteiger partial charge on any atom is 0.322 e. The molecule has 6 amide bonds. The SMILES string of the molecule is CC(C)N1Cc2c(Nc3ccc(Cl)cc3)nc(N3CCN(C(=O)CC4NC(=O)NC4=O)CC3)nc2C1=O.Nc1nc(Nc2ccccc2)c2c(n1)C(=O)NC2. The van der Waals surface area contributed by atoms with Crippen LogP contribution < -0.4 is 37.2 Å². The predicted molar refractivity (Wildman–Crippen MR) is 203 cm³/mol. The number of nitrogens with one attached hydrogen (secondary N) is 5. The van der Waals surface area contributed by atoms with Gasteiger partial charge in [0, 0.05) is 66.3 Å². The van der Waals surface area contributed by atoms with Crippen LogP contribution in [-0.4, -0.2) is 97.7 Å². The van der Waals surface area contributed by atoms with E-state index in [9.17, 15) is 24.0 Å². The number of piperazine rings is 1. The first-order valence-corrected chi connectivity index (χ1v) is 18.0. The van der Waals surface area contributed by atoms with E-state index < -0.39 is 18.0 Å². The largest absolute Gasteiger partial charge is 0.368 e. The monoisotopic (exact) mass is 767 g/mol. The summed E-state index contributed by atoms with van der Waals surface area (Å²) in [5.74, 6) is 0.554. The van der Waals surface area contributed by atoms with Gasteiger partial charge in [-0.1, -0.05) is 29.8 Å². The average Bonchev–Trinajstić information content (AvgIpc) is 3.82. The van der Waals surface area contributed by atoms with Crippen molar-refractivity contribution in [2.24, 2.45) is 0 Å². The highest BCUT2D eigenvalue weighted by Crippen LogP contribution is 2.33. The van der Waals surface area contributed by atoms with E-state index in [0.29, 0.717) is 73.3 Å². The molecule has 2 fully saturated rings. The van der Waals surface area contributed by atoms with Crippen molar-refractivity contribution in [2.45, 2.75) is 45.4 Å². The van der Waals surface area contributed by atoms with Crippen LogP contribution in [0.2, 0.25) is 5.02 Å². The summed E-state index contributed by atoms with van der Waals surface area (Å²) in [5.41, 5.74) is 9.48. The molecular formula is C36H38ClN13O5. The molecule has 7 N–H and O–H groups in total. The molecule has 1 atom stereocenters. The number of nitrogen functional groups attached to an aromatic ring is 1. The molecule has 2 aromatic carbocycles. The van der Waals surface area contributed by atoms with Crippen molar-refractivity contribution in [3.63, 3.8) is 0 Å². The third kappa shape index (κ3) is 8.03. The number of nitrogens with zero attached hydrogens (tertiary/aromatic N) is 7. The number of nitrogens with two attached hydrogens (primary N) is 1. The number of halogens is 1. The topological polar surface area (TPSA) is 233 Å². The number of benzene rings is 2. The summed E-state index contributed by atoms with van der Waals surface area (Å²) in [6.07, 6.45) is -0.0956. The van der Waals surface area contributed by atoms with E-state index in [1.807, 2.05) is 61.2 Å². The Bertz CT molecular complexity index is 2160. The third-order valence-corrected chi connectivity index (χ3v) is 9.62. The normalized spacial score (nSPS) is 17.2. The Balaban J connectivity index is 0.000000215. The second-order valence-electron chi connectivity index (χ2n) is 13.4. The van der Waals surface area contributed by atoms with Crippen LogP contribution >= 0.6 is 11.6 Å². The van der Waals surface area contributed by atoms with E-state index in [-0.39, 0.29) is 36.1 Å². The second kappa shape index (κ2) is 15.4. The van der Waals surface area contributed by atoms with E-state index in [0.717, 1.165) is 22.5 Å². The Hall–Kier alpha value is -6.56. The molecule has 0 saturated carbocycles. The minimum Gasteiger partial charge on any atom is -0.368 e. The smallest absolute Gasteiger partial charge is 0.322 e. The van der Waals surface area contributed by atoms with E-state index in [2.05, 4.69) is 41.5 Å². The van der Waals surface area contributed by atoms with Crippen LogP contribution in [0.15, 0.2) is 54.6 Å². The first-order chi connectivity index (χ1) is 26.4. The molecule has 4 aromatic rings. The summed E-state index contributed by atoms with van der Waals surface area (Å²) in [5, 5.41) is 14.4. The number of imide groups is 1. The lowest BCUT2D eigenvalue weighted by Gasteiger charge is -2.35. The highest BCUT2D eigenvalue weighted by Gasteiger charge is 2.37. The van der Waals surface area contributed by atoms with E-state index >= 15 is 0 Å². The maximum atomic E-state index is 13.1. The number of anilines is 6. The number of carbonyl (C=O) groups is 5. The zero-order valence-electron chi connectivity index (χ0n) is 29.9. The van der Waals surface area contributed by atoms with Crippen molar-refractivity contribution in [3.8, 4) is 0 Å². The summed E-state index contributed by atoms with van der Waals surface area (Å²) < 4.78 is 0. The number of fused-ring (bicyclic) bond motifs is 2. The molecular weight excluding hydrogens is 730 g/mol. The summed E-state index contributed by atoms with van der Waals surface area (Å²) in [6, 6.07) is 15.4. The zero-order valence-corrected chi connectivity index (χ0v) is 30.7. The quantitative estimate of drug-likeness (QED) is 0.142. The Morgan fingerprint density at radius 3 is 2.20 bits per heavy atom. The molecule has 0 spiro atoms. The fourth-order valence-corrected chi connectivity index (χ4v) is 6.57. The van der Waals surface area contributed by atoms with Gasteiger partial charge >= 0.3 is 6.03 Å². The lowest BCUT2D eigenvalue weighted by atomic mass is 10.1. The van der Waals surface area contributed by atoms with Gasteiger partial charge in [-0.15, -0.1) is 0 Å². The molecule has 2 saturated heterocycles. The van der Waals surface area contributed by atoms with E-state index in [1.54, 1.807) is 21.9 Å². The summed E-state index contributed by atoms with van der Waals surface area (Å²) in [7, 11) is 0. The van der Waals surface area contributed by atoms with Crippen molar-refractivity contribution >= 4 is 76.2 Å². The molecule has 284 valence electrons. The Kier molecular flexibility index (Phi) is 10.3. The molecule has 6 heterocycles. The van der Waals surface area contributed by atoms with Crippen LogP contribution in [0.25, 0.3) is 0 Å². The van der Waals surface area contributed by atoms with Crippen molar-refractivity contribution in [1.82, 2.24) is 45.7 Å². The van der Waals surface area contributed by atoms with E-state index in [4.69, 9.17) is 22.3 Å². The molecule has 4 aliphatic rings. The average molecular weight is 768 g/mol. The molecule has 2 aromatic heterocycles. The number of para-hydroxylation sites is 1. The maximum absolute atomic E-state index is 13.1. The zero-order chi connectivity index (χ0) is 38.8. The van der Waals surface area contributed by atoms with Gasteiger partial charge in [0.05, 0.1) is 13.0 Å². The summed E-state index contributed by atoms with van der Waals surface area (Å²) >= 11 is 6.03. The standard InChI is InChI=1S/C24H27ClN8O4.C12H11N5O/c1-13(2)33-12-16-19(22(33)36)28-23(29-20(16)26-15-5-3-14(25)4-6-15)32-9-7-31(8-10-32)18(34)11-17-21(35)30-24(37)27-17;13-12-16-9-8(6-14-11(9)18)10(17-12)15-7-4-2-1-3-5-7/h3-6,13,17H,7-12H2,1-2H3,(H,26,28,29)(H2,27,30,35,37);1-5H,6H2,(H,14,18)(H3,13,15,16,17). The molecule has 0 aliphatic carbocycles. The van der Waals surface area contributed by atoms with Crippen molar-refractivity contribution < 1.29 is 24.0 Å². The molecule has 55 heavy (non-hydrogen) atoms. The number of hydrogen-bond acceptors (Lipinski definition) is 13. The predicted octanol–water partition coefficient (Wildman–Crippen LogP) is 2.53. The van der Waals surface area contributed by atoms with Crippen molar-refractivity contribution in [1.29, 1.82) is 0 Å². The van der Waals surface area contributed by atoms with Crippen LogP contribution in [0, 0.1) is 0 Å². The number of aromatic nitrogens is 4. The number of urea groups is 1. The Labute approximate surface area is 320 Å². The highest BCUT2D eigenvalue weighted by atomic mass is 35.5. The second-order valence-corrected chi connectivity index (χ2v) is 13.8.